The number of hydrogen-bond donors (Lipinski definition) is 0. The summed E-state index contributed by atoms with van der Waals surface area (Å²) in [6, 6.07) is 9.60. The minimum Gasteiger partial charge on any atom is -0.360 e. The van der Waals surface area contributed by atoms with E-state index in [0.717, 1.165) is 12.0 Å². The van der Waals surface area contributed by atoms with Crippen molar-refractivity contribution in [2.75, 3.05) is 6.54 Å². The molecule has 2 heterocycles. The Labute approximate surface area is 118 Å². The zero-order valence-corrected chi connectivity index (χ0v) is 12.2. The normalized spacial score (nSPS) is 19.8. The average molecular weight is 292 g/mol. The molecule has 1 aromatic carbocycles. The van der Waals surface area contributed by atoms with Crippen molar-refractivity contribution in [3.05, 3.63) is 47.3 Å². The molecule has 1 aliphatic rings. The lowest BCUT2D eigenvalue weighted by Crippen LogP contribution is -2.45. The van der Waals surface area contributed by atoms with Crippen molar-refractivity contribution in [3.8, 4) is 0 Å². The maximum absolute atomic E-state index is 12.7. The van der Waals surface area contributed by atoms with Crippen molar-refractivity contribution in [2.45, 2.75) is 31.2 Å². The number of benzene rings is 1. The number of sulfonamides is 1. The van der Waals surface area contributed by atoms with Gasteiger partial charge in [0.15, 0.2) is 5.76 Å². The van der Waals surface area contributed by atoms with E-state index >= 15 is 0 Å². The van der Waals surface area contributed by atoms with Crippen LogP contribution in [0, 0.1) is 13.8 Å². The fourth-order valence-electron chi connectivity index (χ4n) is 2.62. The Morgan fingerprint density at radius 2 is 1.95 bits per heavy atom. The molecule has 0 radical (unpaired) electrons. The van der Waals surface area contributed by atoms with Crippen molar-refractivity contribution in [2.24, 2.45) is 0 Å². The highest BCUT2D eigenvalue weighted by molar-refractivity contribution is 7.89. The van der Waals surface area contributed by atoms with Gasteiger partial charge >= 0.3 is 0 Å². The molecule has 0 spiro atoms. The number of nitrogens with zero attached hydrogens (tertiary/aromatic N) is 2. The first-order chi connectivity index (χ1) is 9.51. The smallest absolute Gasteiger partial charge is 0.249 e. The lowest BCUT2D eigenvalue weighted by Gasteiger charge is -2.39. The molecule has 1 aromatic heterocycles. The van der Waals surface area contributed by atoms with Gasteiger partial charge in [-0.15, -0.1) is 0 Å². The maximum Gasteiger partial charge on any atom is 0.249 e. The fraction of sp³-hybridized carbons (Fsp3) is 0.357. The molecule has 2 aromatic rings. The van der Waals surface area contributed by atoms with E-state index in [4.69, 9.17) is 4.52 Å². The van der Waals surface area contributed by atoms with Gasteiger partial charge in [-0.2, -0.15) is 4.31 Å². The van der Waals surface area contributed by atoms with Gasteiger partial charge < -0.3 is 4.52 Å². The standard InChI is InChI=1S/C14H16N2O3S/c1-10-14(11(2)19-15-10)20(17,18)16-9-8-13(16)12-6-4-3-5-7-12/h3-7,13H,8-9H2,1-2H3. The topological polar surface area (TPSA) is 63.4 Å². The van der Waals surface area contributed by atoms with Crippen molar-refractivity contribution in [1.82, 2.24) is 9.46 Å². The van der Waals surface area contributed by atoms with Gasteiger partial charge in [-0.25, -0.2) is 8.42 Å². The number of aryl methyl sites for hydroxylation is 2. The molecule has 106 valence electrons. The van der Waals surface area contributed by atoms with E-state index in [9.17, 15) is 8.42 Å². The maximum atomic E-state index is 12.7. The highest BCUT2D eigenvalue weighted by atomic mass is 32.2. The van der Waals surface area contributed by atoms with Crippen LogP contribution in [-0.2, 0) is 10.0 Å². The second-order valence-electron chi connectivity index (χ2n) is 4.98. The molecule has 0 saturated carbocycles. The minimum absolute atomic E-state index is 0.0881. The van der Waals surface area contributed by atoms with Crippen LogP contribution in [0.15, 0.2) is 39.8 Å². The molecule has 0 N–H and O–H groups in total. The molecular formula is C14H16N2O3S. The summed E-state index contributed by atoms with van der Waals surface area (Å²) < 4.78 is 32.0. The van der Waals surface area contributed by atoms with Crippen LogP contribution in [-0.4, -0.2) is 24.4 Å². The van der Waals surface area contributed by atoms with Crippen molar-refractivity contribution in [1.29, 1.82) is 0 Å². The molecule has 1 saturated heterocycles. The predicted octanol–water partition coefficient (Wildman–Crippen LogP) is 2.43. The number of aromatic nitrogens is 1. The van der Waals surface area contributed by atoms with E-state index in [2.05, 4.69) is 5.16 Å². The Morgan fingerprint density at radius 3 is 2.45 bits per heavy atom. The third kappa shape index (κ3) is 1.96. The lowest BCUT2D eigenvalue weighted by molar-refractivity contribution is 0.202. The summed E-state index contributed by atoms with van der Waals surface area (Å²) in [5.74, 6) is 0.348. The van der Waals surface area contributed by atoms with Gasteiger partial charge in [0, 0.05) is 6.54 Å². The zero-order chi connectivity index (χ0) is 14.3. The van der Waals surface area contributed by atoms with E-state index in [1.807, 2.05) is 30.3 Å². The molecule has 3 rings (SSSR count). The highest BCUT2D eigenvalue weighted by Gasteiger charge is 2.41. The molecule has 1 aliphatic heterocycles. The number of hydrogen-bond acceptors (Lipinski definition) is 4. The molecule has 1 unspecified atom stereocenters. The Kier molecular flexibility index (Phi) is 3.14. The van der Waals surface area contributed by atoms with Crippen molar-refractivity contribution >= 4 is 10.0 Å². The summed E-state index contributed by atoms with van der Waals surface area (Å²) in [5, 5.41) is 3.74. The Bertz CT molecular complexity index is 703. The SMILES string of the molecule is Cc1noc(C)c1S(=O)(=O)N1CCC1c1ccccc1. The van der Waals surface area contributed by atoms with Crippen LogP contribution in [0.3, 0.4) is 0 Å². The number of rotatable bonds is 3. The summed E-state index contributed by atoms with van der Waals surface area (Å²) in [6.07, 6.45) is 0.840. The zero-order valence-electron chi connectivity index (χ0n) is 11.4. The summed E-state index contributed by atoms with van der Waals surface area (Å²) in [4.78, 5) is 0.207. The predicted molar refractivity (Wildman–Crippen MR) is 73.7 cm³/mol. The van der Waals surface area contributed by atoms with Gasteiger partial charge in [0.2, 0.25) is 10.0 Å². The van der Waals surface area contributed by atoms with Crippen LogP contribution in [0.4, 0.5) is 0 Å². The molecule has 0 amide bonds. The first-order valence-corrected chi connectivity index (χ1v) is 7.95. The van der Waals surface area contributed by atoms with E-state index in [1.54, 1.807) is 13.8 Å². The second kappa shape index (κ2) is 4.71. The third-order valence-electron chi connectivity index (χ3n) is 3.69. The largest absolute Gasteiger partial charge is 0.360 e. The first-order valence-electron chi connectivity index (χ1n) is 6.51. The van der Waals surface area contributed by atoms with E-state index in [-0.39, 0.29) is 10.9 Å². The molecule has 20 heavy (non-hydrogen) atoms. The molecule has 6 heteroatoms. The fourth-order valence-corrected chi connectivity index (χ4v) is 4.57. The Balaban J connectivity index is 1.97. The van der Waals surface area contributed by atoms with Gasteiger partial charge in [0.1, 0.15) is 10.6 Å². The average Bonchev–Trinajstić information content (AvgIpc) is 2.69. The molecule has 0 aliphatic carbocycles. The molecule has 1 atom stereocenters. The molecule has 1 fully saturated rings. The van der Waals surface area contributed by atoms with Crippen LogP contribution in [0.2, 0.25) is 0 Å². The summed E-state index contributed by atoms with van der Waals surface area (Å²) in [6.45, 7) is 3.82. The Morgan fingerprint density at radius 1 is 1.25 bits per heavy atom. The first kappa shape index (κ1) is 13.3. The Hall–Kier alpha value is -1.66. The van der Waals surface area contributed by atoms with Crippen molar-refractivity contribution in [3.63, 3.8) is 0 Å². The van der Waals surface area contributed by atoms with Crippen LogP contribution in [0.5, 0.6) is 0 Å². The molecule has 5 nitrogen and oxygen atoms in total. The van der Waals surface area contributed by atoms with E-state index in [0.29, 0.717) is 18.0 Å². The second-order valence-corrected chi connectivity index (χ2v) is 6.81. The summed E-state index contributed by atoms with van der Waals surface area (Å²) in [5.41, 5.74) is 1.44. The van der Waals surface area contributed by atoms with Gasteiger partial charge in [0.05, 0.1) is 6.04 Å². The van der Waals surface area contributed by atoms with E-state index in [1.165, 1.54) is 4.31 Å². The monoisotopic (exact) mass is 292 g/mol. The van der Waals surface area contributed by atoms with Gasteiger partial charge in [-0.1, -0.05) is 35.5 Å². The van der Waals surface area contributed by atoms with Crippen LogP contribution >= 0.6 is 0 Å². The van der Waals surface area contributed by atoms with Crippen LogP contribution in [0.1, 0.15) is 29.5 Å². The quantitative estimate of drug-likeness (QED) is 0.871. The van der Waals surface area contributed by atoms with Crippen LogP contribution in [0.25, 0.3) is 0 Å². The molecule has 0 bridgehead atoms. The lowest BCUT2D eigenvalue weighted by atomic mass is 9.98. The minimum atomic E-state index is -3.54. The molecular weight excluding hydrogens is 276 g/mol. The summed E-state index contributed by atoms with van der Waals surface area (Å²) >= 11 is 0. The van der Waals surface area contributed by atoms with Crippen molar-refractivity contribution < 1.29 is 12.9 Å². The van der Waals surface area contributed by atoms with Gasteiger partial charge in [0.25, 0.3) is 0 Å². The highest BCUT2D eigenvalue weighted by Crippen LogP contribution is 2.39. The van der Waals surface area contributed by atoms with Gasteiger partial charge in [-0.3, -0.25) is 0 Å². The third-order valence-corrected chi connectivity index (χ3v) is 5.84. The van der Waals surface area contributed by atoms with Crippen LogP contribution < -0.4 is 0 Å². The van der Waals surface area contributed by atoms with E-state index < -0.39 is 10.0 Å². The van der Waals surface area contributed by atoms with Gasteiger partial charge in [-0.05, 0) is 25.8 Å². The summed E-state index contributed by atoms with van der Waals surface area (Å²) in [7, 11) is -3.54.